The van der Waals surface area contributed by atoms with Gasteiger partial charge >= 0.3 is 6.09 Å². The maximum Gasteiger partial charge on any atom is 0.407 e. The van der Waals surface area contributed by atoms with Crippen molar-refractivity contribution in [2.75, 3.05) is 26.8 Å². The molecular weight excluding hydrogens is 670 g/mol. The number of rotatable bonds is 7. The fourth-order valence-corrected chi connectivity index (χ4v) is 7.57. The van der Waals surface area contributed by atoms with E-state index in [0.717, 1.165) is 77.4 Å². The van der Waals surface area contributed by atoms with Crippen LogP contribution >= 0.6 is 0 Å². The number of hydrogen-bond acceptors (Lipinski definition) is 7. The van der Waals surface area contributed by atoms with E-state index in [1.54, 1.807) is 0 Å². The van der Waals surface area contributed by atoms with Gasteiger partial charge in [0.05, 0.1) is 49.5 Å². The largest absolute Gasteiger partial charge is 0.453 e. The number of hydrogen-bond donors (Lipinski definition) is 3. The Hall–Kier alpha value is -5.23. The minimum Gasteiger partial charge on any atom is -0.453 e. The number of aromatic nitrogens is 4. The van der Waals surface area contributed by atoms with Gasteiger partial charge in [0.2, 0.25) is 11.8 Å². The lowest BCUT2D eigenvalue weighted by molar-refractivity contribution is -0.137. The van der Waals surface area contributed by atoms with Crippen LogP contribution in [0.3, 0.4) is 0 Å². The van der Waals surface area contributed by atoms with Gasteiger partial charge in [0.25, 0.3) is 0 Å². The molecule has 12 nitrogen and oxygen atoms in total. The topological polar surface area (TPSA) is 146 Å². The first kappa shape index (κ1) is 36.1. The number of amides is 3. The second kappa shape index (κ2) is 15.8. The van der Waals surface area contributed by atoms with Crippen LogP contribution in [0.4, 0.5) is 4.79 Å². The zero-order chi connectivity index (χ0) is 37.1. The van der Waals surface area contributed by atoms with Gasteiger partial charge in [-0.15, -0.1) is 0 Å². The number of likely N-dealkylation sites (tertiary alicyclic amines) is 1. The monoisotopic (exact) mass is 719 g/mol. The highest BCUT2D eigenvalue weighted by molar-refractivity contribution is 5.86. The highest BCUT2D eigenvalue weighted by Crippen LogP contribution is 2.36. The van der Waals surface area contributed by atoms with Crippen LogP contribution in [-0.2, 0) is 25.7 Å². The summed E-state index contributed by atoms with van der Waals surface area (Å²) in [6, 6.07) is 15.7. The molecule has 7 rings (SSSR count). The molecule has 2 aromatic heterocycles. The third-order valence-electron chi connectivity index (χ3n) is 10.9. The van der Waals surface area contributed by atoms with E-state index in [2.05, 4.69) is 77.7 Å². The minimum atomic E-state index is -0.745. The van der Waals surface area contributed by atoms with E-state index in [0.29, 0.717) is 37.9 Å². The minimum absolute atomic E-state index is 0.0156. The molecule has 2 fully saturated rings. The summed E-state index contributed by atoms with van der Waals surface area (Å²) >= 11 is 0. The molecule has 5 heterocycles. The summed E-state index contributed by atoms with van der Waals surface area (Å²) in [5.41, 5.74) is 6.61. The second-order valence-corrected chi connectivity index (χ2v) is 14.6. The van der Waals surface area contributed by atoms with Crippen molar-refractivity contribution in [1.29, 1.82) is 0 Å². The number of aromatic amines is 2. The van der Waals surface area contributed by atoms with Crippen LogP contribution in [0.1, 0.15) is 82.3 Å². The Bertz CT molecular complexity index is 1950. The molecule has 0 unspecified atom stereocenters. The third-order valence-corrected chi connectivity index (χ3v) is 10.9. The maximum absolute atomic E-state index is 13.7. The number of methoxy groups -OCH3 is 1. The van der Waals surface area contributed by atoms with Gasteiger partial charge in [0, 0.05) is 36.3 Å². The van der Waals surface area contributed by atoms with Gasteiger partial charge in [-0.1, -0.05) is 81.5 Å². The van der Waals surface area contributed by atoms with E-state index in [9.17, 15) is 14.4 Å². The number of imidazole rings is 2. The lowest BCUT2D eigenvalue weighted by Gasteiger charge is -2.27. The molecule has 12 heteroatoms. The third kappa shape index (κ3) is 7.64. The summed E-state index contributed by atoms with van der Waals surface area (Å²) in [4.78, 5) is 59.6. The quantitative estimate of drug-likeness (QED) is 0.175. The van der Waals surface area contributed by atoms with Crippen LogP contribution in [0, 0.1) is 11.8 Å². The molecule has 0 aliphatic carbocycles. The number of carbonyl (C=O) groups excluding carboxylic acids is 3. The van der Waals surface area contributed by atoms with Crippen molar-refractivity contribution in [1.82, 2.24) is 35.1 Å². The van der Waals surface area contributed by atoms with Crippen molar-refractivity contribution >= 4 is 17.9 Å². The van der Waals surface area contributed by atoms with Crippen LogP contribution in [0.5, 0.6) is 0 Å². The highest BCUT2D eigenvalue weighted by atomic mass is 16.5. The van der Waals surface area contributed by atoms with Crippen molar-refractivity contribution < 1.29 is 23.9 Å². The summed E-state index contributed by atoms with van der Waals surface area (Å²) < 4.78 is 10.8. The number of carbonyl (C=O) groups is 3. The Morgan fingerprint density at radius 1 is 0.887 bits per heavy atom. The maximum atomic E-state index is 13.7. The van der Waals surface area contributed by atoms with Crippen LogP contribution in [0.15, 0.2) is 66.9 Å². The molecule has 3 aliphatic heterocycles. The highest BCUT2D eigenvalue weighted by Gasteiger charge is 2.37. The molecule has 278 valence electrons. The lowest BCUT2D eigenvalue weighted by atomic mass is 9.96. The normalized spacial score (nSPS) is 21.8. The van der Waals surface area contributed by atoms with E-state index in [-0.39, 0.29) is 29.8 Å². The summed E-state index contributed by atoms with van der Waals surface area (Å²) in [6.07, 6.45) is 8.87. The first-order valence-electron chi connectivity index (χ1n) is 18.7. The van der Waals surface area contributed by atoms with Crippen molar-refractivity contribution in [3.63, 3.8) is 0 Å². The summed E-state index contributed by atoms with van der Waals surface area (Å²) in [5.74, 6) is 1.89. The Morgan fingerprint density at radius 2 is 1.57 bits per heavy atom. The van der Waals surface area contributed by atoms with Crippen LogP contribution < -0.4 is 5.32 Å². The van der Waals surface area contributed by atoms with Gasteiger partial charge < -0.3 is 34.6 Å². The molecule has 3 N–H and O–H groups in total. The molecule has 3 amide bonds. The Labute approximate surface area is 310 Å². The average Bonchev–Trinajstić information content (AvgIpc) is 4.01. The Kier molecular flexibility index (Phi) is 10.8. The number of nitrogens with zero attached hydrogens (tertiary/aromatic N) is 4. The zero-order valence-electron chi connectivity index (χ0n) is 30.9. The Balaban J connectivity index is 1.07. The van der Waals surface area contributed by atoms with Crippen molar-refractivity contribution in [3.8, 4) is 33.6 Å². The van der Waals surface area contributed by atoms with Gasteiger partial charge in [-0.3, -0.25) is 9.59 Å². The molecule has 4 aromatic rings. The summed E-state index contributed by atoms with van der Waals surface area (Å²) in [5, 5.41) is 2.70. The molecule has 2 aromatic carbocycles. The molecule has 0 saturated carbocycles. The zero-order valence-corrected chi connectivity index (χ0v) is 30.9. The molecule has 53 heavy (non-hydrogen) atoms. The molecule has 0 radical (unpaired) electrons. The van der Waals surface area contributed by atoms with E-state index in [4.69, 9.17) is 19.4 Å². The van der Waals surface area contributed by atoms with Crippen LogP contribution in [0.2, 0.25) is 0 Å². The van der Waals surface area contributed by atoms with Crippen molar-refractivity contribution in [2.24, 2.45) is 11.8 Å². The first-order chi connectivity index (χ1) is 25.7. The van der Waals surface area contributed by atoms with Crippen molar-refractivity contribution in [3.05, 3.63) is 84.2 Å². The number of alkyl carbamates (subject to hydrolysis) is 1. The molecule has 4 atom stereocenters. The molecule has 2 bridgehead atoms. The van der Waals surface area contributed by atoms with Gasteiger partial charge in [-0.05, 0) is 49.1 Å². The molecular formula is C41H49N7O5. The van der Waals surface area contributed by atoms with Crippen molar-refractivity contribution in [2.45, 2.75) is 77.6 Å². The lowest BCUT2D eigenvalue weighted by Crippen LogP contribution is -2.48. The van der Waals surface area contributed by atoms with Gasteiger partial charge in [0.15, 0.2) is 0 Å². The van der Waals surface area contributed by atoms with Crippen LogP contribution in [0.25, 0.3) is 33.6 Å². The average molecular weight is 720 g/mol. The smallest absolute Gasteiger partial charge is 0.407 e. The summed E-state index contributed by atoms with van der Waals surface area (Å²) in [7, 11) is 1.29. The molecule has 2 saturated heterocycles. The van der Waals surface area contributed by atoms with E-state index >= 15 is 0 Å². The fraction of sp³-hybridized carbons (Fsp3) is 0.439. The standard InChI is InChI=1S/C41H49N7O5/c1-25(2)26(3)39(49)47-20-7-10-34(47)37-42-23-32(43-37)29-16-12-27(13-17-29)28-14-18-30(19-15-28)36-33-24-53-22-6-5-9-31(45-41(51)52-4)40(50)48-21-8-11-35(48)38(44-33)46-36/h5-6,12-19,23,25-26,31,34-35H,7-11,20-22,24H2,1-4H3,(H,42,43)(H,44,46)(H,45,51)/b6-5+/t26-,31-,34-,35-/m0/s1. The van der Waals surface area contributed by atoms with E-state index in [1.165, 1.54) is 7.11 Å². The first-order valence-corrected chi connectivity index (χ1v) is 18.7. The second-order valence-electron chi connectivity index (χ2n) is 14.6. The number of ether oxygens (including phenoxy) is 2. The predicted molar refractivity (Wildman–Crippen MR) is 201 cm³/mol. The van der Waals surface area contributed by atoms with Gasteiger partial charge in [-0.2, -0.15) is 0 Å². The van der Waals surface area contributed by atoms with E-state index in [1.807, 2.05) is 35.1 Å². The molecule has 0 spiro atoms. The van der Waals surface area contributed by atoms with Gasteiger partial charge in [-0.25, -0.2) is 14.8 Å². The Morgan fingerprint density at radius 3 is 2.28 bits per heavy atom. The predicted octanol–water partition coefficient (Wildman–Crippen LogP) is 6.95. The molecule has 3 aliphatic rings. The fourth-order valence-electron chi connectivity index (χ4n) is 7.57. The number of H-pyrrole nitrogens is 2. The number of benzene rings is 2. The van der Waals surface area contributed by atoms with Gasteiger partial charge in [0.1, 0.15) is 17.7 Å². The SMILES string of the molecule is COC(=O)N[C@H]1C/C=C/COCc2[nH]c(nc2-c2ccc(-c3ccc(-c4c[nH]c([C@@H]5CCCN5C(=O)[C@@H](C)C(C)C)n4)cc3)cc2)[C@@H]2CCCN2C1=O. The van der Waals surface area contributed by atoms with Crippen LogP contribution in [-0.4, -0.2) is 80.5 Å². The number of nitrogens with one attached hydrogen (secondary N) is 3. The summed E-state index contributed by atoms with van der Waals surface area (Å²) in [6.45, 7) is 8.26. The number of fused-ring (bicyclic) bond motifs is 4. The van der Waals surface area contributed by atoms with E-state index < -0.39 is 12.1 Å².